The number of rotatable bonds is 5. The number of benzene rings is 2. The monoisotopic (exact) mass is 384 g/mol. The SMILES string of the molecule is COc1cc2sn(C3CCN(Cc4ccccc4)CC3)c(=O)c2cc1OC. The predicted molar refractivity (Wildman–Crippen MR) is 109 cm³/mol. The maximum atomic E-state index is 12.9. The zero-order chi connectivity index (χ0) is 18.8. The van der Waals surface area contributed by atoms with Crippen LogP contribution in [0.2, 0.25) is 0 Å². The third-order valence-electron chi connectivity index (χ3n) is 5.25. The van der Waals surface area contributed by atoms with Gasteiger partial charge in [0.15, 0.2) is 11.5 Å². The van der Waals surface area contributed by atoms with E-state index in [1.807, 2.05) is 16.1 Å². The van der Waals surface area contributed by atoms with Gasteiger partial charge in [-0.05, 0) is 24.5 Å². The smallest absolute Gasteiger partial charge is 0.268 e. The van der Waals surface area contributed by atoms with Crippen LogP contribution in [0, 0.1) is 0 Å². The number of fused-ring (bicyclic) bond motifs is 1. The summed E-state index contributed by atoms with van der Waals surface area (Å²) in [5, 5.41) is 0.712. The minimum Gasteiger partial charge on any atom is -0.493 e. The molecule has 4 rings (SSSR count). The molecule has 0 unspecified atom stereocenters. The molecule has 0 radical (unpaired) electrons. The Morgan fingerprint density at radius 2 is 1.70 bits per heavy atom. The van der Waals surface area contributed by atoms with Crippen LogP contribution in [0.15, 0.2) is 47.3 Å². The lowest BCUT2D eigenvalue weighted by Gasteiger charge is -2.31. The number of aromatic nitrogens is 1. The second kappa shape index (κ2) is 7.74. The normalized spacial score (nSPS) is 15.9. The van der Waals surface area contributed by atoms with Crippen LogP contribution in [0.25, 0.3) is 10.1 Å². The number of likely N-dealkylation sites (tertiary alicyclic amines) is 1. The minimum atomic E-state index is 0.0810. The summed E-state index contributed by atoms with van der Waals surface area (Å²) in [5.74, 6) is 1.26. The van der Waals surface area contributed by atoms with Crippen molar-refractivity contribution in [1.29, 1.82) is 0 Å². The van der Waals surface area contributed by atoms with Gasteiger partial charge >= 0.3 is 0 Å². The van der Waals surface area contributed by atoms with Crippen molar-refractivity contribution < 1.29 is 9.47 Å². The second-order valence-corrected chi connectivity index (χ2v) is 7.93. The highest BCUT2D eigenvalue weighted by atomic mass is 32.1. The predicted octanol–water partition coefficient (Wildman–Crippen LogP) is 3.92. The molecule has 1 fully saturated rings. The van der Waals surface area contributed by atoms with Crippen molar-refractivity contribution in [2.24, 2.45) is 0 Å². The molecule has 0 spiro atoms. The molecule has 0 N–H and O–H groups in total. The molecule has 2 heterocycles. The molecule has 0 aliphatic carbocycles. The zero-order valence-corrected chi connectivity index (χ0v) is 16.5. The first kappa shape index (κ1) is 18.1. The second-order valence-electron chi connectivity index (χ2n) is 6.92. The molecule has 6 heteroatoms. The molecule has 27 heavy (non-hydrogen) atoms. The first-order valence-electron chi connectivity index (χ1n) is 9.23. The summed E-state index contributed by atoms with van der Waals surface area (Å²) in [6.45, 7) is 2.99. The fourth-order valence-corrected chi connectivity index (χ4v) is 4.92. The van der Waals surface area contributed by atoms with Crippen molar-refractivity contribution in [3.8, 4) is 11.5 Å². The molecular formula is C21H24N2O3S. The molecule has 0 saturated carbocycles. The van der Waals surface area contributed by atoms with Crippen molar-refractivity contribution in [3.63, 3.8) is 0 Å². The molecule has 1 saturated heterocycles. The van der Waals surface area contributed by atoms with Crippen LogP contribution in [0.5, 0.6) is 11.5 Å². The van der Waals surface area contributed by atoms with Gasteiger partial charge in [0.1, 0.15) is 0 Å². The molecule has 1 aliphatic heterocycles. The average Bonchev–Trinajstić information content (AvgIpc) is 3.04. The van der Waals surface area contributed by atoms with Crippen LogP contribution in [0.1, 0.15) is 24.4 Å². The van der Waals surface area contributed by atoms with Crippen LogP contribution in [0.4, 0.5) is 0 Å². The maximum Gasteiger partial charge on any atom is 0.268 e. The van der Waals surface area contributed by atoms with Crippen LogP contribution in [-0.2, 0) is 6.54 Å². The summed E-state index contributed by atoms with van der Waals surface area (Å²) in [6.07, 6.45) is 1.99. The van der Waals surface area contributed by atoms with Gasteiger partial charge in [-0.15, -0.1) is 0 Å². The lowest BCUT2D eigenvalue weighted by molar-refractivity contribution is 0.183. The molecular weight excluding hydrogens is 360 g/mol. The van der Waals surface area contributed by atoms with E-state index in [9.17, 15) is 4.79 Å². The van der Waals surface area contributed by atoms with Gasteiger partial charge < -0.3 is 9.47 Å². The van der Waals surface area contributed by atoms with Gasteiger partial charge in [0, 0.05) is 25.7 Å². The Labute approximate surface area is 162 Å². The number of ether oxygens (including phenoxy) is 2. The zero-order valence-electron chi connectivity index (χ0n) is 15.7. The summed E-state index contributed by atoms with van der Waals surface area (Å²) in [4.78, 5) is 15.4. The van der Waals surface area contributed by atoms with E-state index >= 15 is 0 Å². The van der Waals surface area contributed by atoms with Gasteiger partial charge in [-0.2, -0.15) is 0 Å². The average molecular weight is 385 g/mol. The summed E-state index contributed by atoms with van der Waals surface area (Å²) in [5.41, 5.74) is 1.42. The van der Waals surface area contributed by atoms with Crippen molar-refractivity contribution in [3.05, 3.63) is 58.4 Å². The quantitative estimate of drug-likeness (QED) is 0.669. The number of methoxy groups -OCH3 is 2. The Balaban J connectivity index is 1.52. The Kier molecular flexibility index (Phi) is 5.18. The highest BCUT2D eigenvalue weighted by Gasteiger charge is 2.24. The van der Waals surface area contributed by atoms with Gasteiger partial charge in [-0.25, -0.2) is 0 Å². The van der Waals surface area contributed by atoms with E-state index in [2.05, 4.69) is 29.2 Å². The molecule has 0 amide bonds. The first-order valence-corrected chi connectivity index (χ1v) is 10.0. The Morgan fingerprint density at radius 3 is 2.37 bits per heavy atom. The van der Waals surface area contributed by atoms with E-state index in [1.54, 1.807) is 20.3 Å². The highest BCUT2D eigenvalue weighted by Crippen LogP contribution is 2.34. The van der Waals surface area contributed by atoms with Crippen molar-refractivity contribution >= 4 is 21.6 Å². The fourth-order valence-electron chi connectivity index (χ4n) is 3.76. The molecule has 5 nitrogen and oxygen atoms in total. The Bertz CT molecular complexity index is 972. The van der Waals surface area contributed by atoms with Crippen LogP contribution in [-0.4, -0.2) is 36.2 Å². The fraction of sp³-hybridized carbons (Fsp3) is 0.381. The van der Waals surface area contributed by atoms with E-state index in [0.717, 1.165) is 37.2 Å². The van der Waals surface area contributed by atoms with E-state index in [1.165, 1.54) is 17.1 Å². The first-order chi connectivity index (χ1) is 13.2. The van der Waals surface area contributed by atoms with Gasteiger partial charge in [-0.3, -0.25) is 13.7 Å². The van der Waals surface area contributed by atoms with Gasteiger partial charge in [0.2, 0.25) is 0 Å². The minimum absolute atomic E-state index is 0.0810. The molecule has 1 aromatic heterocycles. The van der Waals surface area contributed by atoms with E-state index < -0.39 is 0 Å². The summed E-state index contributed by atoms with van der Waals surface area (Å²) < 4.78 is 13.6. The highest BCUT2D eigenvalue weighted by molar-refractivity contribution is 7.13. The maximum absolute atomic E-state index is 12.9. The molecule has 3 aromatic rings. The van der Waals surface area contributed by atoms with Crippen LogP contribution < -0.4 is 15.0 Å². The van der Waals surface area contributed by atoms with Crippen molar-refractivity contribution in [1.82, 2.24) is 8.86 Å². The number of nitrogens with zero attached hydrogens (tertiary/aromatic N) is 2. The third kappa shape index (κ3) is 3.59. The molecule has 0 atom stereocenters. The molecule has 2 aromatic carbocycles. The molecule has 1 aliphatic rings. The van der Waals surface area contributed by atoms with Gasteiger partial charge in [0.05, 0.1) is 30.3 Å². The Morgan fingerprint density at radius 1 is 1.04 bits per heavy atom. The number of hydrogen-bond donors (Lipinski definition) is 0. The largest absolute Gasteiger partial charge is 0.493 e. The Hall–Kier alpha value is -2.31. The van der Waals surface area contributed by atoms with Gasteiger partial charge in [0.25, 0.3) is 5.56 Å². The lowest BCUT2D eigenvalue weighted by atomic mass is 10.0. The standard InChI is InChI=1S/C21H24N2O3S/c1-25-18-12-17-20(13-19(18)26-2)27-23(21(17)24)16-8-10-22(11-9-16)14-15-6-4-3-5-7-15/h3-7,12-13,16H,8-11,14H2,1-2H3. The van der Waals surface area contributed by atoms with Crippen molar-refractivity contribution in [2.45, 2.75) is 25.4 Å². The van der Waals surface area contributed by atoms with Crippen molar-refractivity contribution in [2.75, 3.05) is 27.3 Å². The number of piperidine rings is 1. The summed E-state index contributed by atoms with van der Waals surface area (Å²) >= 11 is 1.53. The lowest BCUT2D eigenvalue weighted by Crippen LogP contribution is -2.35. The summed E-state index contributed by atoms with van der Waals surface area (Å²) in [6, 6.07) is 14.5. The van der Waals surface area contributed by atoms with Crippen LogP contribution >= 0.6 is 11.5 Å². The molecule has 0 bridgehead atoms. The van der Waals surface area contributed by atoms with E-state index in [-0.39, 0.29) is 11.6 Å². The third-order valence-corrected chi connectivity index (χ3v) is 6.45. The van der Waals surface area contributed by atoms with E-state index in [0.29, 0.717) is 16.9 Å². The topological polar surface area (TPSA) is 43.7 Å². The van der Waals surface area contributed by atoms with E-state index in [4.69, 9.17) is 9.47 Å². The van der Waals surface area contributed by atoms with Crippen LogP contribution in [0.3, 0.4) is 0 Å². The summed E-state index contributed by atoms with van der Waals surface area (Å²) in [7, 11) is 3.21. The molecule has 142 valence electrons. The number of hydrogen-bond acceptors (Lipinski definition) is 5. The van der Waals surface area contributed by atoms with Gasteiger partial charge in [-0.1, -0.05) is 41.9 Å².